The van der Waals surface area contributed by atoms with E-state index in [0.717, 1.165) is 39.1 Å². The number of hydrogen-bond donors (Lipinski definition) is 0. The second kappa shape index (κ2) is 20.9. The van der Waals surface area contributed by atoms with Crippen LogP contribution in [0.15, 0.2) is 0 Å². The average Bonchev–Trinajstić information content (AvgIpc) is 2.55. The van der Waals surface area contributed by atoms with Crippen molar-refractivity contribution in [1.29, 1.82) is 0 Å². The first kappa shape index (κ1) is 26.1. The van der Waals surface area contributed by atoms with Crippen LogP contribution in [-0.2, 0) is 41.1 Å². The summed E-state index contributed by atoms with van der Waals surface area (Å²) in [5, 5.41) is 9.64. The number of hydrogen-bond acceptors (Lipinski definition) is 6. The average molecular weight is 426 g/mol. The summed E-state index contributed by atoms with van der Waals surface area (Å²) in [6, 6.07) is 0. The zero-order valence-electron chi connectivity index (χ0n) is 15.7. The number of Topliss-reactive ketones (excluding diaryl/α,β-unsaturated/α-hetero) is 1. The van der Waals surface area contributed by atoms with Crippen LogP contribution < -0.4 is 5.11 Å². The Morgan fingerprint density at radius 3 is 1.38 bits per heavy atom. The van der Waals surface area contributed by atoms with Crippen molar-refractivity contribution in [2.24, 2.45) is 0 Å². The quantitative estimate of drug-likeness (QED) is 0.296. The molecule has 0 aromatic rings. The normalized spacial score (nSPS) is 10.0. The fraction of sp³-hybridized carbons (Fsp3) is 0.882. The molecule has 0 aromatic heterocycles. The molecule has 142 valence electrons. The molecule has 0 saturated carbocycles. The molecule has 0 aromatic carbocycles. The number of unbranched alkanes of at least 4 members (excludes halogenated alkanes) is 3. The first-order chi connectivity index (χ1) is 11.5. The molecule has 0 heterocycles. The van der Waals surface area contributed by atoms with Crippen LogP contribution in [0.25, 0.3) is 0 Å². The van der Waals surface area contributed by atoms with Gasteiger partial charge in [-0.05, 0) is 0 Å². The second-order valence-corrected chi connectivity index (χ2v) is 8.65. The van der Waals surface area contributed by atoms with Gasteiger partial charge in [0.05, 0.1) is 0 Å². The first-order valence-corrected chi connectivity index (χ1v) is 12.0. The van der Waals surface area contributed by atoms with E-state index in [1.807, 2.05) is 0 Å². The van der Waals surface area contributed by atoms with Crippen molar-refractivity contribution in [2.45, 2.75) is 79.1 Å². The molecule has 7 heteroatoms. The third kappa shape index (κ3) is 21.9. The van der Waals surface area contributed by atoms with Gasteiger partial charge < -0.3 is 9.90 Å². The molecule has 0 aliphatic carbocycles. The Bertz CT molecular complexity index is 275. The number of carboxylic acids is 1. The van der Waals surface area contributed by atoms with E-state index in [0.29, 0.717) is 0 Å². The van der Waals surface area contributed by atoms with Gasteiger partial charge in [-0.15, -0.1) is 0 Å². The van der Waals surface area contributed by atoms with Gasteiger partial charge in [0.25, 0.3) is 0 Å². The fourth-order valence-electron chi connectivity index (χ4n) is 1.31. The first-order valence-electron chi connectivity index (χ1n) is 8.98. The van der Waals surface area contributed by atoms with Crippen molar-refractivity contribution in [3.8, 4) is 0 Å². The van der Waals surface area contributed by atoms with E-state index < -0.39 is 35.5 Å². The third-order valence-corrected chi connectivity index (χ3v) is 6.13. The van der Waals surface area contributed by atoms with Gasteiger partial charge in [-0.25, -0.2) is 0 Å². The Morgan fingerprint density at radius 1 is 0.792 bits per heavy atom. The molecule has 0 amide bonds. The number of carbonyl (C=O) groups is 2. The predicted molar refractivity (Wildman–Crippen MR) is 87.5 cm³/mol. The van der Waals surface area contributed by atoms with Gasteiger partial charge in [-0.3, -0.25) is 4.79 Å². The van der Waals surface area contributed by atoms with Gasteiger partial charge in [0, 0.05) is 18.8 Å². The van der Waals surface area contributed by atoms with E-state index in [4.69, 9.17) is 8.44 Å². The van der Waals surface area contributed by atoms with Crippen LogP contribution in [-0.4, -0.2) is 31.6 Å². The van der Waals surface area contributed by atoms with Crippen LogP contribution in [0, 0.1) is 0 Å². The van der Waals surface area contributed by atoms with Crippen molar-refractivity contribution < 1.29 is 46.2 Å². The molecule has 0 atom stereocenters. The molecule has 0 radical (unpaired) electrons. The van der Waals surface area contributed by atoms with Crippen molar-refractivity contribution in [3.63, 3.8) is 0 Å². The van der Waals surface area contributed by atoms with E-state index in [1.54, 1.807) is 6.92 Å². The summed E-state index contributed by atoms with van der Waals surface area (Å²) in [5.41, 5.74) is 0. The Labute approximate surface area is 156 Å². The summed E-state index contributed by atoms with van der Waals surface area (Å²) in [6.45, 7) is 10.6. The minimum absolute atomic E-state index is 0.272. The molecule has 0 aliphatic heterocycles. The van der Waals surface area contributed by atoms with Crippen LogP contribution >= 0.6 is 0 Å². The molecule has 0 unspecified atom stereocenters. The van der Waals surface area contributed by atoms with E-state index >= 15 is 0 Å². The summed E-state index contributed by atoms with van der Waals surface area (Å²) < 4.78 is 17.2. The number of rotatable bonds is 15. The number of carboxylic acid groups (broad SMARTS) is 1. The van der Waals surface area contributed by atoms with Gasteiger partial charge in [0.15, 0.2) is 0 Å². The van der Waals surface area contributed by atoms with Crippen LogP contribution in [0.3, 0.4) is 0 Å². The zero-order chi connectivity index (χ0) is 18.6. The molecule has 0 N–H and O–H groups in total. The standard InChI is InChI=1S/C5H8O3.3C4H9O.Zr/c1-2-4(6)3-5(7)8;3*1-2-3-4-5;/h2-3H2,1H3,(H,7,8);3*2-4H2,1H3;/q;3*-1;+4/p-1. The van der Waals surface area contributed by atoms with E-state index in [-0.39, 0.29) is 12.2 Å². The van der Waals surface area contributed by atoms with Crippen LogP contribution in [0.5, 0.6) is 0 Å². The predicted octanol–water partition coefficient (Wildman–Crippen LogP) is 2.91. The Kier molecular flexibility index (Phi) is 22.8. The molecule has 24 heavy (non-hydrogen) atoms. The molecule has 6 nitrogen and oxygen atoms in total. The summed E-state index contributed by atoms with van der Waals surface area (Å²) in [5.74, 6) is -1.58. The van der Waals surface area contributed by atoms with Gasteiger partial charge in [0.1, 0.15) is 5.78 Å². The maximum absolute atomic E-state index is 10.2. The SMILES string of the molecule is CCC(=O)CC(=O)[O-].CCCC[O][Zr+]([O]CCCC)[O]CCCC. The van der Waals surface area contributed by atoms with Gasteiger partial charge in [-0.2, -0.15) is 0 Å². The Hall–Kier alpha value is -0.0969. The van der Waals surface area contributed by atoms with Crippen molar-refractivity contribution in [1.82, 2.24) is 0 Å². The number of aliphatic carboxylic acids is 1. The third-order valence-electron chi connectivity index (χ3n) is 2.89. The topological polar surface area (TPSA) is 84.9 Å². The fourth-order valence-corrected chi connectivity index (χ4v) is 4.22. The van der Waals surface area contributed by atoms with Gasteiger partial charge in [-0.1, -0.05) is 6.92 Å². The van der Waals surface area contributed by atoms with E-state index in [9.17, 15) is 14.7 Å². The molecule has 0 bridgehead atoms. The Morgan fingerprint density at radius 2 is 1.17 bits per heavy atom. The molecule has 0 fully saturated rings. The summed E-state index contributed by atoms with van der Waals surface area (Å²) in [4.78, 5) is 19.8. The van der Waals surface area contributed by atoms with Crippen LogP contribution in [0.1, 0.15) is 79.1 Å². The molecule has 0 aliphatic rings. The molecular formula is C17H34O6Zr. The molecule has 0 rings (SSSR count). The second-order valence-electron chi connectivity index (χ2n) is 5.30. The van der Waals surface area contributed by atoms with E-state index in [1.165, 1.54) is 19.3 Å². The summed E-state index contributed by atoms with van der Waals surface area (Å²) in [6.07, 6.45) is 6.65. The molecule has 0 saturated heterocycles. The molecule has 0 spiro atoms. The minimum atomic E-state index is -2.40. The van der Waals surface area contributed by atoms with E-state index in [2.05, 4.69) is 20.8 Å². The van der Waals surface area contributed by atoms with Crippen molar-refractivity contribution in [2.75, 3.05) is 19.8 Å². The summed E-state index contributed by atoms with van der Waals surface area (Å²) in [7, 11) is 0. The zero-order valence-corrected chi connectivity index (χ0v) is 18.2. The van der Waals surface area contributed by atoms with Crippen molar-refractivity contribution in [3.05, 3.63) is 0 Å². The number of ketones is 1. The van der Waals surface area contributed by atoms with Gasteiger partial charge >= 0.3 is 111 Å². The van der Waals surface area contributed by atoms with Crippen molar-refractivity contribution >= 4 is 11.8 Å². The Balaban J connectivity index is 0. The maximum atomic E-state index is 10.2. The van der Waals surface area contributed by atoms with Crippen LogP contribution in [0.4, 0.5) is 0 Å². The molecular weight excluding hydrogens is 391 g/mol. The monoisotopic (exact) mass is 424 g/mol. The number of carbonyl (C=O) groups excluding carboxylic acids is 2. The summed E-state index contributed by atoms with van der Waals surface area (Å²) >= 11 is -2.40. The van der Waals surface area contributed by atoms with Gasteiger partial charge in [0.2, 0.25) is 0 Å². The van der Waals surface area contributed by atoms with Crippen LogP contribution in [0.2, 0.25) is 0 Å².